The Kier molecular flexibility index (Phi) is 4.72. The zero-order valence-corrected chi connectivity index (χ0v) is 15.9. The van der Waals surface area contributed by atoms with Crippen LogP contribution >= 0.6 is 31.9 Å². The minimum Gasteiger partial charge on any atom is -0.504 e. The first-order valence-corrected chi connectivity index (χ1v) is 8.33. The molecule has 0 unspecified atom stereocenters. The Hall–Kier alpha value is -2.13. The standard InChI is InChI=1S/C15H12Br2N4O3/c1-23-13-4-3-8(5-12(13)22)15-18-19-20-21(15)9-6-10(16)14(24-2)11(17)7-9/h3-7,22H,1-2H3. The average Bonchev–Trinajstić information content (AvgIpc) is 3.04. The molecule has 0 aliphatic heterocycles. The first kappa shape index (κ1) is 16.7. The van der Waals surface area contributed by atoms with Gasteiger partial charge >= 0.3 is 0 Å². The van der Waals surface area contributed by atoms with Gasteiger partial charge in [-0.25, -0.2) is 0 Å². The number of nitrogens with zero attached hydrogens (tertiary/aromatic N) is 4. The van der Waals surface area contributed by atoms with E-state index in [0.717, 1.165) is 14.6 Å². The molecule has 0 saturated carbocycles. The van der Waals surface area contributed by atoms with Crippen LogP contribution in [0.15, 0.2) is 39.3 Å². The van der Waals surface area contributed by atoms with Gasteiger partial charge in [-0.2, -0.15) is 4.68 Å². The minimum atomic E-state index is 0.0154. The van der Waals surface area contributed by atoms with Crippen LogP contribution in [-0.2, 0) is 0 Å². The molecule has 0 amide bonds. The number of aromatic nitrogens is 4. The highest BCUT2D eigenvalue weighted by atomic mass is 79.9. The van der Waals surface area contributed by atoms with E-state index in [1.165, 1.54) is 7.11 Å². The summed E-state index contributed by atoms with van der Waals surface area (Å²) in [6.45, 7) is 0. The van der Waals surface area contributed by atoms with E-state index >= 15 is 0 Å². The van der Waals surface area contributed by atoms with Crippen molar-refractivity contribution in [2.45, 2.75) is 0 Å². The summed E-state index contributed by atoms with van der Waals surface area (Å²) in [5.41, 5.74) is 1.38. The summed E-state index contributed by atoms with van der Waals surface area (Å²) in [5, 5.41) is 21.8. The zero-order valence-electron chi connectivity index (χ0n) is 12.7. The van der Waals surface area contributed by atoms with Gasteiger partial charge in [0.25, 0.3) is 0 Å². The second-order valence-corrected chi connectivity index (χ2v) is 6.45. The number of aromatic hydroxyl groups is 1. The summed E-state index contributed by atoms with van der Waals surface area (Å²) in [5.74, 6) is 1.56. The maximum atomic E-state index is 9.97. The highest BCUT2D eigenvalue weighted by molar-refractivity contribution is 9.11. The molecular weight excluding hydrogens is 444 g/mol. The van der Waals surface area contributed by atoms with Crippen LogP contribution in [0, 0.1) is 0 Å². The lowest BCUT2D eigenvalue weighted by molar-refractivity contribution is 0.373. The Morgan fingerprint density at radius 1 is 1.04 bits per heavy atom. The van der Waals surface area contributed by atoms with Crippen LogP contribution < -0.4 is 9.47 Å². The summed E-state index contributed by atoms with van der Waals surface area (Å²) in [7, 11) is 3.08. The molecule has 1 aromatic heterocycles. The van der Waals surface area contributed by atoms with Gasteiger partial charge < -0.3 is 14.6 Å². The number of rotatable bonds is 4. The van der Waals surface area contributed by atoms with Gasteiger partial charge in [0.2, 0.25) is 0 Å². The molecule has 2 aromatic carbocycles. The second kappa shape index (κ2) is 6.78. The van der Waals surface area contributed by atoms with E-state index in [2.05, 4.69) is 47.4 Å². The van der Waals surface area contributed by atoms with E-state index in [0.29, 0.717) is 22.9 Å². The topological polar surface area (TPSA) is 82.3 Å². The van der Waals surface area contributed by atoms with E-state index in [-0.39, 0.29) is 5.75 Å². The summed E-state index contributed by atoms with van der Waals surface area (Å²) in [4.78, 5) is 0. The molecule has 24 heavy (non-hydrogen) atoms. The third kappa shape index (κ3) is 2.96. The molecule has 3 aromatic rings. The second-order valence-electron chi connectivity index (χ2n) is 4.74. The maximum absolute atomic E-state index is 9.97. The quantitative estimate of drug-likeness (QED) is 0.647. The normalized spacial score (nSPS) is 10.7. The molecule has 7 nitrogen and oxygen atoms in total. The SMILES string of the molecule is COc1ccc(-c2nnnn2-c2cc(Br)c(OC)c(Br)c2)cc1O. The van der Waals surface area contributed by atoms with Gasteiger partial charge in [0.15, 0.2) is 17.3 Å². The van der Waals surface area contributed by atoms with Gasteiger partial charge in [0, 0.05) is 5.56 Å². The van der Waals surface area contributed by atoms with Crippen LogP contribution in [0.2, 0.25) is 0 Å². The fourth-order valence-corrected chi connectivity index (χ4v) is 3.72. The summed E-state index contributed by atoms with van der Waals surface area (Å²) < 4.78 is 13.4. The molecule has 0 aliphatic rings. The van der Waals surface area contributed by atoms with E-state index in [4.69, 9.17) is 9.47 Å². The van der Waals surface area contributed by atoms with Crippen molar-refractivity contribution in [3.05, 3.63) is 39.3 Å². The monoisotopic (exact) mass is 454 g/mol. The number of halogens is 2. The molecule has 1 heterocycles. The number of phenolic OH excluding ortho intramolecular Hbond substituents is 1. The Morgan fingerprint density at radius 3 is 2.33 bits per heavy atom. The third-order valence-electron chi connectivity index (χ3n) is 3.34. The van der Waals surface area contributed by atoms with E-state index in [1.54, 1.807) is 30.0 Å². The predicted molar refractivity (Wildman–Crippen MR) is 94.8 cm³/mol. The Bertz CT molecular complexity index is 875. The molecule has 0 atom stereocenters. The Balaban J connectivity index is 2.10. The molecule has 9 heteroatoms. The lowest BCUT2D eigenvalue weighted by Gasteiger charge is -2.11. The summed E-state index contributed by atoms with van der Waals surface area (Å²) in [6.07, 6.45) is 0. The molecule has 0 fully saturated rings. The van der Waals surface area contributed by atoms with Crippen LogP contribution in [0.5, 0.6) is 17.2 Å². The molecule has 0 saturated heterocycles. The Labute approximate surface area is 154 Å². The van der Waals surface area contributed by atoms with Gasteiger partial charge in [-0.05, 0) is 72.6 Å². The minimum absolute atomic E-state index is 0.0154. The van der Waals surface area contributed by atoms with Gasteiger partial charge in [0.05, 0.1) is 28.9 Å². The van der Waals surface area contributed by atoms with E-state index in [9.17, 15) is 5.11 Å². The molecule has 3 rings (SSSR count). The highest BCUT2D eigenvalue weighted by Crippen LogP contribution is 2.36. The lowest BCUT2D eigenvalue weighted by Crippen LogP contribution is -2.01. The van der Waals surface area contributed by atoms with Crippen LogP contribution in [-0.4, -0.2) is 39.5 Å². The van der Waals surface area contributed by atoms with Gasteiger partial charge in [-0.3, -0.25) is 0 Å². The van der Waals surface area contributed by atoms with Crippen LogP contribution in [0.1, 0.15) is 0 Å². The smallest absolute Gasteiger partial charge is 0.187 e. The predicted octanol–water partition coefficient (Wildman–Crippen LogP) is 3.58. The fraction of sp³-hybridized carbons (Fsp3) is 0.133. The van der Waals surface area contributed by atoms with Crippen molar-refractivity contribution in [3.8, 4) is 34.3 Å². The lowest BCUT2D eigenvalue weighted by atomic mass is 10.2. The molecule has 0 aliphatic carbocycles. The van der Waals surface area contributed by atoms with Crippen LogP contribution in [0.25, 0.3) is 17.1 Å². The van der Waals surface area contributed by atoms with Crippen molar-refractivity contribution < 1.29 is 14.6 Å². The summed E-state index contributed by atoms with van der Waals surface area (Å²) >= 11 is 6.92. The number of hydrogen-bond donors (Lipinski definition) is 1. The molecule has 0 bridgehead atoms. The van der Waals surface area contributed by atoms with E-state index < -0.39 is 0 Å². The molecular formula is C15H12Br2N4O3. The van der Waals surface area contributed by atoms with Crippen LogP contribution in [0.4, 0.5) is 0 Å². The number of tetrazole rings is 1. The third-order valence-corrected chi connectivity index (χ3v) is 4.52. The summed E-state index contributed by atoms with van der Waals surface area (Å²) in [6, 6.07) is 8.66. The fourth-order valence-electron chi connectivity index (χ4n) is 2.23. The van der Waals surface area contributed by atoms with Crippen molar-refractivity contribution in [2.24, 2.45) is 0 Å². The van der Waals surface area contributed by atoms with Crippen molar-refractivity contribution in [2.75, 3.05) is 14.2 Å². The van der Waals surface area contributed by atoms with Crippen molar-refractivity contribution in [1.82, 2.24) is 20.2 Å². The number of benzene rings is 2. The first-order valence-electron chi connectivity index (χ1n) is 6.74. The van der Waals surface area contributed by atoms with Gasteiger partial charge in [0.1, 0.15) is 5.75 Å². The highest BCUT2D eigenvalue weighted by Gasteiger charge is 2.16. The Morgan fingerprint density at radius 2 is 1.75 bits per heavy atom. The van der Waals surface area contributed by atoms with Crippen LogP contribution in [0.3, 0.4) is 0 Å². The van der Waals surface area contributed by atoms with E-state index in [1.807, 2.05) is 12.1 Å². The number of ether oxygens (including phenoxy) is 2. The molecule has 0 radical (unpaired) electrons. The van der Waals surface area contributed by atoms with Gasteiger partial charge in [-0.1, -0.05) is 0 Å². The largest absolute Gasteiger partial charge is 0.504 e. The number of methoxy groups -OCH3 is 2. The number of phenols is 1. The first-order chi connectivity index (χ1) is 11.5. The van der Waals surface area contributed by atoms with Gasteiger partial charge in [-0.15, -0.1) is 5.10 Å². The van der Waals surface area contributed by atoms with Crippen molar-refractivity contribution in [1.29, 1.82) is 0 Å². The average molecular weight is 456 g/mol. The maximum Gasteiger partial charge on any atom is 0.187 e. The molecule has 124 valence electrons. The zero-order chi connectivity index (χ0) is 17.3. The van der Waals surface area contributed by atoms with Crippen molar-refractivity contribution in [3.63, 3.8) is 0 Å². The molecule has 1 N–H and O–H groups in total. The van der Waals surface area contributed by atoms with Crippen molar-refractivity contribution >= 4 is 31.9 Å². The molecule has 0 spiro atoms. The number of hydrogen-bond acceptors (Lipinski definition) is 6.